The average molecular weight is 265 g/mol. The molecule has 1 aromatic heterocycles. The van der Waals surface area contributed by atoms with E-state index in [4.69, 9.17) is 14.2 Å². The summed E-state index contributed by atoms with van der Waals surface area (Å²) in [5.41, 5.74) is -0.210. The van der Waals surface area contributed by atoms with Gasteiger partial charge in [-0.3, -0.25) is 0 Å². The van der Waals surface area contributed by atoms with Gasteiger partial charge in [0.15, 0.2) is 0 Å². The Morgan fingerprint density at radius 3 is 2.53 bits per heavy atom. The van der Waals surface area contributed by atoms with Gasteiger partial charge in [0, 0.05) is 7.11 Å². The number of aromatic nitrogens is 2. The topological polar surface area (TPSA) is 60.2 Å². The minimum Gasteiger partial charge on any atom is -0.370 e. The highest BCUT2D eigenvalue weighted by atomic mass is 16.5. The van der Waals surface area contributed by atoms with Crippen LogP contribution in [0.4, 0.5) is 0 Å². The van der Waals surface area contributed by atoms with Crippen LogP contribution in [0.5, 0.6) is 0 Å². The van der Waals surface area contributed by atoms with Crippen molar-refractivity contribution in [3.63, 3.8) is 0 Å². The summed E-state index contributed by atoms with van der Waals surface area (Å²) in [4.78, 5) is 4.71. The molecular weight excluding hydrogens is 242 g/mol. The van der Waals surface area contributed by atoms with Gasteiger partial charge in [0.25, 0.3) is 0 Å². The van der Waals surface area contributed by atoms with Gasteiger partial charge in [-0.25, -0.2) is 0 Å². The standard InChI is InChI=1S/C14H23N3O2/c1-3-13(7-9-15-10-8-13)12-16-11(17-19-12)14(18-2)5-4-6-14/h15H,3-10H2,1-2H3. The molecule has 5 nitrogen and oxygen atoms in total. The van der Waals surface area contributed by atoms with Crippen molar-refractivity contribution in [1.29, 1.82) is 0 Å². The molecule has 3 rings (SSSR count). The van der Waals surface area contributed by atoms with Gasteiger partial charge in [-0.05, 0) is 51.6 Å². The van der Waals surface area contributed by atoms with Crippen LogP contribution in [0, 0.1) is 0 Å². The lowest BCUT2D eigenvalue weighted by Crippen LogP contribution is -2.40. The van der Waals surface area contributed by atoms with Crippen LogP contribution in [0.2, 0.25) is 0 Å². The number of ether oxygens (including phenoxy) is 1. The fourth-order valence-corrected chi connectivity index (χ4v) is 3.26. The molecule has 1 aliphatic carbocycles. The summed E-state index contributed by atoms with van der Waals surface area (Å²) < 4.78 is 11.2. The number of nitrogens with one attached hydrogen (secondary N) is 1. The van der Waals surface area contributed by atoms with Crippen LogP contribution >= 0.6 is 0 Å². The monoisotopic (exact) mass is 265 g/mol. The molecule has 0 spiro atoms. The molecule has 2 heterocycles. The van der Waals surface area contributed by atoms with E-state index in [-0.39, 0.29) is 11.0 Å². The van der Waals surface area contributed by atoms with Crippen molar-refractivity contribution in [2.75, 3.05) is 20.2 Å². The van der Waals surface area contributed by atoms with E-state index in [1.807, 2.05) is 0 Å². The highest BCUT2D eigenvalue weighted by Crippen LogP contribution is 2.44. The second kappa shape index (κ2) is 4.87. The summed E-state index contributed by atoms with van der Waals surface area (Å²) >= 11 is 0. The highest BCUT2D eigenvalue weighted by Gasteiger charge is 2.45. The number of rotatable bonds is 4. The van der Waals surface area contributed by atoms with Crippen molar-refractivity contribution < 1.29 is 9.26 Å². The molecular formula is C14H23N3O2. The first kappa shape index (κ1) is 13.1. The van der Waals surface area contributed by atoms with Crippen LogP contribution in [-0.4, -0.2) is 30.3 Å². The maximum Gasteiger partial charge on any atom is 0.233 e. The maximum absolute atomic E-state index is 5.63. The predicted octanol–water partition coefficient (Wildman–Crippen LogP) is 2.13. The fraction of sp³-hybridized carbons (Fsp3) is 0.857. The first-order valence-corrected chi connectivity index (χ1v) is 7.35. The quantitative estimate of drug-likeness (QED) is 0.903. The molecule has 1 N–H and O–H groups in total. The maximum atomic E-state index is 5.63. The summed E-state index contributed by atoms with van der Waals surface area (Å²) in [5, 5.41) is 7.62. The lowest BCUT2D eigenvalue weighted by Gasteiger charge is -2.37. The van der Waals surface area contributed by atoms with E-state index in [2.05, 4.69) is 17.4 Å². The van der Waals surface area contributed by atoms with Gasteiger partial charge in [0.1, 0.15) is 5.60 Å². The molecule has 0 aromatic carbocycles. The molecule has 2 aliphatic rings. The second-order valence-corrected chi connectivity index (χ2v) is 5.86. The molecule has 1 aromatic rings. The molecule has 0 atom stereocenters. The molecule has 1 aliphatic heterocycles. The predicted molar refractivity (Wildman–Crippen MR) is 70.9 cm³/mol. The van der Waals surface area contributed by atoms with E-state index >= 15 is 0 Å². The van der Waals surface area contributed by atoms with Crippen molar-refractivity contribution in [1.82, 2.24) is 15.5 Å². The first-order chi connectivity index (χ1) is 9.25. The zero-order valence-electron chi connectivity index (χ0n) is 11.9. The molecule has 1 saturated carbocycles. The summed E-state index contributed by atoms with van der Waals surface area (Å²) in [7, 11) is 1.75. The normalized spacial score (nSPS) is 24.9. The zero-order chi connectivity index (χ0) is 13.3. The van der Waals surface area contributed by atoms with Crippen LogP contribution in [0.15, 0.2) is 4.52 Å². The lowest BCUT2D eigenvalue weighted by molar-refractivity contribution is -0.0858. The molecule has 1 saturated heterocycles. The molecule has 0 bridgehead atoms. The SMILES string of the molecule is CCC1(c2nc(C3(OC)CCC3)no2)CCNCC1. The number of hydrogen-bond acceptors (Lipinski definition) is 5. The summed E-state index contributed by atoms with van der Waals surface area (Å²) in [6, 6.07) is 0. The third-order valence-corrected chi connectivity index (χ3v) is 5.08. The lowest BCUT2D eigenvalue weighted by atomic mass is 9.76. The third kappa shape index (κ3) is 1.99. The van der Waals surface area contributed by atoms with Gasteiger partial charge in [-0.15, -0.1) is 0 Å². The smallest absolute Gasteiger partial charge is 0.233 e. The summed E-state index contributed by atoms with van der Waals surface area (Å²) in [5.74, 6) is 1.57. The summed E-state index contributed by atoms with van der Waals surface area (Å²) in [6.45, 7) is 4.27. The van der Waals surface area contributed by atoms with Gasteiger partial charge in [0.2, 0.25) is 11.7 Å². The molecule has 0 radical (unpaired) electrons. The Hall–Kier alpha value is -0.940. The first-order valence-electron chi connectivity index (χ1n) is 7.35. The zero-order valence-corrected chi connectivity index (χ0v) is 11.9. The number of hydrogen-bond donors (Lipinski definition) is 1. The molecule has 106 valence electrons. The van der Waals surface area contributed by atoms with Gasteiger partial charge < -0.3 is 14.6 Å². The largest absolute Gasteiger partial charge is 0.370 e. The van der Waals surface area contributed by atoms with E-state index in [0.29, 0.717) is 0 Å². The number of piperidine rings is 1. The van der Waals surface area contributed by atoms with Crippen LogP contribution in [-0.2, 0) is 15.8 Å². The average Bonchev–Trinajstić information content (AvgIpc) is 2.90. The van der Waals surface area contributed by atoms with Crippen LogP contribution in [0.1, 0.15) is 57.2 Å². The Labute approximate surface area is 114 Å². The van der Waals surface area contributed by atoms with Crippen LogP contribution in [0.3, 0.4) is 0 Å². The van der Waals surface area contributed by atoms with Gasteiger partial charge in [0.05, 0.1) is 5.41 Å². The van der Waals surface area contributed by atoms with E-state index in [1.165, 1.54) is 6.42 Å². The molecule has 2 fully saturated rings. The van der Waals surface area contributed by atoms with Crippen molar-refractivity contribution in [2.24, 2.45) is 0 Å². The van der Waals surface area contributed by atoms with Crippen molar-refractivity contribution >= 4 is 0 Å². The highest BCUT2D eigenvalue weighted by molar-refractivity contribution is 5.12. The van der Waals surface area contributed by atoms with Gasteiger partial charge in [-0.2, -0.15) is 4.98 Å². The number of nitrogens with zero attached hydrogens (tertiary/aromatic N) is 2. The van der Waals surface area contributed by atoms with E-state index < -0.39 is 0 Å². The Balaban J connectivity index is 1.87. The molecule has 0 unspecified atom stereocenters. The number of methoxy groups -OCH3 is 1. The second-order valence-electron chi connectivity index (χ2n) is 5.86. The van der Waals surface area contributed by atoms with Crippen molar-refractivity contribution in [3.8, 4) is 0 Å². The van der Waals surface area contributed by atoms with Crippen LogP contribution < -0.4 is 5.32 Å². The molecule has 0 amide bonds. The summed E-state index contributed by atoms with van der Waals surface area (Å²) in [6.07, 6.45) is 6.39. The minimum atomic E-state index is -0.274. The van der Waals surface area contributed by atoms with Gasteiger partial charge in [-0.1, -0.05) is 12.1 Å². The fourth-order valence-electron chi connectivity index (χ4n) is 3.26. The van der Waals surface area contributed by atoms with E-state index in [1.54, 1.807) is 7.11 Å². The Morgan fingerprint density at radius 1 is 1.26 bits per heavy atom. The Bertz CT molecular complexity index is 428. The Kier molecular flexibility index (Phi) is 3.35. The van der Waals surface area contributed by atoms with Crippen molar-refractivity contribution in [2.45, 2.75) is 56.5 Å². The third-order valence-electron chi connectivity index (χ3n) is 5.08. The molecule has 5 heteroatoms. The minimum absolute atomic E-state index is 0.0647. The Morgan fingerprint density at radius 2 is 2.00 bits per heavy atom. The van der Waals surface area contributed by atoms with E-state index in [9.17, 15) is 0 Å². The van der Waals surface area contributed by atoms with Gasteiger partial charge >= 0.3 is 0 Å². The molecule has 19 heavy (non-hydrogen) atoms. The van der Waals surface area contributed by atoms with Crippen LogP contribution in [0.25, 0.3) is 0 Å². The van der Waals surface area contributed by atoms with Crippen molar-refractivity contribution in [3.05, 3.63) is 11.7 Å². The van der Waals surface area contributed by atoms with E-state index in [0.717, 1.165) is 56.9 Å².